The zero-order valence-corrected chi connectivity index (χ0v) is 10.1. The van der Waals surface area contributed by atoms with Crippen molar-refractivity contribution in [2.45, 2.75) is 13.3 Å². The Kier molecular flexibility index (Phi) is 3.28. The maximum absolute atomic E-state index is 11.0. The van der Waals surface area contributed by atoms with Crippen LogP contribution < -0.4 is 0 Å². The summed E-state index contributed by atoms with van der Waals surface area (Å²) in [6.45, 7) is 1.80. The summed E-state index contributed by atoms with van der Waals surface area (Å²) in [6.07, 6.45) is 1.71. The third-order valence-electron chi connectivity index (χ3n) is 2.72. The average molecular weight is 261 g/mol. The largest absolute Gasteiger partial charge is 0.478 e. The Bertz CT molecular complexity index is 648. The minimum absolute atomic E-state index is 0.0630. The van der Waals surface area contributed by atoms with Crippen molar-refractivity contribution in [2.24, 2.45) is 0 Å². The predicted octanol–water partition coefficient (Wildman–Crippen LogP) is 2.04. The van der Waals surface area contributed by atoms with E-state index in [0.29, 0.717) is 17.8 Å². The number of rotatable bonds is 4. The summed E-state index contributed by atoms with van der Waals surface area (Å²) in [6, 6.07) is 5.91. The number of hydrogen-bond donors (Lipinski definition) is 1. The lowest BCUT2D eigenvalue weighted by Gasteiger charge is -2.06. The highest BCUT2D eigenvalue weighted by molar-refractivity contribution is 5.88. The van der Waals surface area contributed by atoms with Crippen molar-refractivity contribution in [3.63, 3.8) is 0 Å². The first kappa shape index (κ1) is 12.7. The topological polar surface area (TPSA) is 98.3 Å². The van der Waals surface area contributed by atoms with Gasteiger partial charge in [-0.1, -0.05) is 13.0 Å². The summed E-state index contributed by atoms with van der Waals surface area (Å²) in [5, 5.41) is 23.8. The van der Waals surface area contributed by atoms with E-state index in [1.165, 1.54) is 29.1 Å². The van der Waals surface area contributed by atoms with Crippen molar-refractivity contribution in [2.75, 3.05) is 0 Å². The highest BCUT2D eigenvalue weighted by Crippen LogP contribution is 2.20. The second-order valence-corrected chi connectivity index (χ2v) is 3.85. The van der Waals surface area contributed by atoms with E-state index in [-0.39, 0.29) is 11.3 Å². The lowest BCUT2D eigenvalue weighted by molar-refractivity contribution is -0.384. The summed E-state index contributed by atoms with van der Waals surface area (Å²) < 4.78 is 1.41. The molecule has 7 nitrogen and oxygen atoms in total. The zero-order chi connectivity index (χ0) is 14.0. The Morgan fingerprint density at radius 1 is 1.53 bits per heavy atom. The molecule has 0 atom stereocenters. The van der Waals surface area contributed by atoms with E-state index in [0.717, 1.165) is 0 Å². The van der Waals surface area contributed by atoms with Gasteiger partial charge < -0.3 is 5.11 Å². The van der Waals surface area contributed by atoms with Crippen molar-refractivity contribution in [1.82, 2.24) is 9.78 Å². The van der Waals surface area contributed by atoms with Crippen LogP contribution in [0, 0.1) is 10.1 Å². The van der Waals surface area contributed by atoms with Crippen LogP contribution in [0.5, 0.6) is 0 Å². The first-order chi connectivity index (χ1) is 9.04. The SMILES string of the molecule is CCc1c(C(=O)O)cnn1-c1cccc([N+](=O)[O-])c1. The maximum atomic E-state index is 11.0. The maximum Gasteiger partial charge on any atom is 0.339 e. The van der Waals surface area contributed by atoms with Crippen molar-refractivity contribution in [3.8, 4) is 5.69 Å². The molecule has 0 unspecified atom stereocenters. The number of non-ortho nitro benzene ring substituents is 1. The summed E-state index contributed by atoms with van der Waals surface area (Å²) in [5.41, 5.74) is 1.02. The van der Waals surface area contributed by atoms with Gasteiger partial charge in [0.25, 0.3) is 5.69 Å². The molecule has 0 saturated heterocycles. The van der Waals surface area contributed by atoms with Gasteiger partial charge in [0.1, 0.15) is 5.56 Å². The van der Waals surface area contributed by atoms with Crippen LogP contribution in [0.4, 0.5) is 5.69 Å². The van der Waals surface area contributed by atoms with Crippen LogP contribution in [0.1, 0.15) is 23.0 Å². The van der Waals surface area contributed by atoms with Crippen molar-refractivity contribution in [1.29, 1.82) is 0 Å². The van der Waals surface area contributed by atoms with Gasteiger partial charge in [0.15, 0.2) is 0 Å². The zero-order valence-electron chi connectivity index (χ0n) is 10.1. The van der Waals surface area contributed by atoms with Crippen LogP contribution >= 0.6 is 0 Å². The van der Waals surface area contributed by atoms with E-state index in [9.17, 15) is 14.9 Å². The molecule has 0 aliphatic heterocycles. The van der Waals surface area contributed by atoms with Crippen molar-refractivity contribution in [3.05, 3.63) is 51.8 Å². The Morgan fingerprint density at radius 3 is 2.84 bits per heavy atom. The van der Waals surface area contributed by atoms with Crippen LogP contribution in [-0.4, -0.2) is 25.8 Å². The fraction of sp³-hybridized carbons (Fsp3) is 0.167. The number of benzene rings is 1. The second-order valence-electron chi connectivity index (χ2n) is 3.85. The molecule has 0 bridgehead atoms. The molecule has 1 N–H and O–H groups in total. The quantitative estimate of drug-likeness (QED) is 0.670. The third-order valence-corrected chi connectivity index (χ3v) is 2.72. The molecule has 98 valence electrons. The Hall–Kier alpha value is -2.70. The fourth-order valence-electron chi connectivity index (χ4n) is 1.85. The molecule has 1 aromatic carbocycles. The lowest BCUT2D eigenvalue weighted by Crippen LogP contribution is -2.05. The molecule has 7 heteroatoms. The van der Waals surface area contributed by atoms with Crippen molar-refractivity contribution >= 4 is 11.7 Å². The van der Waals surface area contributed by atoms with Gasteiger partial charge in [-0.3, -0.25) is 10.1 Å². The number of carboxylic acids is 1. The Morgan fingerprint density at radius 2 is 2.26 bits per heavy atom. The van der Waals surface area contributed by atoms with Gasteiger partial charge in [0.05, 0.1) is 22.5 Å². The third kappa shape index (κ3) is 2.30. The molecule has 2 rings (SSSR count). The fourth-order valence-corrected chi connectivity index (χ4v) is 1.85. The number of nitro groups is 1. The van der Waals surface area contributed by atoms with Gasteiger partial charge >= 0.3 is 5.97 Å². The number of nitrogens with zero attached hydrogens (tertiary/aromatic N) is 3. The van der Waals surface area contributed by atoms with Gasteiger partial charge in [0.2, 0.25) is 0 Å². The standard InChI is InChI=1S/C12H11N3O4/c1-2-11-10(12(16)17)7-13-14(11)8-4-3-5-9(6-8)15(18)19/h3-7H,2H2,1H3,(H,16,17). The van der Waals surface area contributed by atoms with E-state index in [2.05, 4.69) is 5.10 Å². The predicted molar refractivity (Wildman–Crippen MR) is 66.6 cm³/mol. The van der Waals surface area contributed by atoms with Gasteiger partial charge in [-0.05, 0) is 12.5 Å². The first-order valence-electron chi connectivity index (χ1n) is 5.59. The minimum atomic E-state index is -1.06. The molecule has 2 aromatic rings. The number of aromatic nitrogens is 2. The molecule has 0 spiro atoms. The Balaban J connectivity index is 2.56. The van der Waals surface area contributed by atoms with Gasteiger partial charge in [-0.2, -0.15) is 5.10 Å². The molecule has 1 aromatic heterocycles. The summed E-state index contributed by atoms with van der Waals surface area (Å²) in [5.74, 6) is -1.06. The van der Waals surface area contributed by atoms with Gasteiger partial charge in [0, 0.05) is 12.1 Å². The van der Waals surface area contributed by atoms with E-state index in [1.54, 1.807) is 13.0 Å². The highest BCUT2D eigenvalue weighted by atomic mass is 16.6. The minimum Gasteiger partial charge on any atom is -0.478 e. The molecule has 0 fully saturated rings. The summed E-state index contributed by atoms with van der Waals surface area (Å²) in [7, 11) is 0. The molecule has 0 amide bonds. The summed E-state index contributed by atoms with van der Waals surface area (Å²) >= 11 is 0. The van der Waals surface area contributed by atoms with E-state index in [4.69, 9.17) is 5.11 Å². The van der Waals surface area contributed by atoms with E-state index < -0.39 is 10.9 Å². The first-order valence-corrected chi connectivity index (χ1v) is 5.59. The average Bonchev–Trinajstić information content (AvgIpc) is 2.82. The second kappa shape index (κ2) is 4.89. The number of nitro benzene ring substituents is 1. The normalized spacial score (nSPS) is 10.4. The Labute approximate surface area is 108 Å². The number of hydrogen-bond acceptors (Lipinski definition) is 4. The molecular formula is C12H11N3O4. The van der Waals surface area contributed by atoms with Crippen LogP contribution in [0.25, 0.3) is 5.69 Å². The number of carboxylic acid groups (broad SMARTS) is 1. The molecule has 0 aliphatic carbocycles. The van der Waals surface area contributed by atoms with E-state index in [1.807, 2.05) is 0 Å². The van der Waals surface area contributed by atoms with Gasteiger partial charge in [-0.15, -0.1) is 0 Å². The smallest absolute Gasteiger partial charge is 0.339 e. The number of aromatic carboxylic acids is 1. The molecule has 0 radical (unpaired) electrons. The van der Waals surface area contributed by atoms with Crippen LogP contribution in [0.15, 0.2) is 30.5 Å². The molecule has 0 saturated carbocycles. The monoisotopic (exact) mass is 261 g/mol. The van der Waals surface area contributed by atoms with Crippen LogP contribution in [0.2, 0.25) is 0 Å². The van der Waals surface area contributed by atoms with Gasteiger partial charge in [-0.25, -0.2) is 9.48 Å². The van der Waals surface area contributed by atoms with E-state index >= 15 is 0 Å². The highest BCUT2D eigenvalue weighted by Gasteiger charge is 2.17. The van der Waals surface area contributed by atoms with Crippen LogP contribution in [0.3, 0.4) is 0 Å². The molecule has 19 heavy (non-hydrogen) atoms. The number of carbonyl (C=O) groups is 1. The summed E-state index contributed by atoms with van der Waals surface area (Å²) in [4.78, 5) is 21.3. The lowest BCUT2D eigenvalue weighted by atomic mass is 10.2. The van der Waals surface area contributed by atoms with Crippen LogP contribution in [-0.2, 0) is 6.42 Å². The molecule has 1 heterocycles. The van der Waals surface area contributed by atoms with Crippen molar-refractivity contribution < 1.29 is 14.8 Å². The molecule has 0 aliphatic rings. The molecular weight excluding hydrogens is 250 g/mol.